The average Bonchev–Trinajstić information content (AvgIpc) is 3.27. The van der Waals surface area contributed by atoms with Gasteiger partial charge in [0.05, 0.1) is 16.6 Å². The molecule has 2 amide bonds. The third-order valence-electron chi connectivity index (χ3n) is 4.93. The molecule has 2 aliphatic rings. The van der Waals surface area contributed by atoms with Gasteiger partial charge in [0.15, 0.2) is 5.82 Å². The number of nitrogens with two attached hydrogens (primary N) is 1. The first-order chi connectivity index (χ1) is 13.0. The van der Waals surface area contributed by atoms with Crippen molar-refractivity contribution in [2.24, 2.45) is 5.73 Å². The van der Waals surface area contributed by atoms with Gasteiger partial charge in [-0.15, -0.1) is 0 Å². The minimum absolute atomic E-state index is 0.00394. The van der Waals surface area contributed by atoms with E-state index in [-0.39, 0.29) is 34.3 Å². The predicted octanol–water partition coefficient (Wildman–Crippen LogP) is 3.18. The highest BCUT2D eigenvalue weighted by Gasteiger charge is 2.42. The molecule has 1 aromatic carbocycles. The zero-order valence-electron chi connectivity index (χ0n) is 14.1. The standard InChI is InChI=1S/C18H16ClFN4O3/c19-11-2-4-13(27-18(21)26)15(16(11)20)9-7-10-1-3-12(17-22-5-6-23-17)24(10)14(25)8-9/h2,4-6,8,10,12H,1,3,7H2,(H2,21,26)(H,22,23)/t10?,12-/m0/s1. The summed E-state index contributed by atoms with van der Waals surface area (Å²) in [5.74, 6) is -0.320. The van der Waals surface area contributed by atoms with Crippen LogP contribution in [0.25, 0.3) is 5.57 Å². The first-order valence-electron chi connectivity index (χ1n) is 8.43. The van der Waals surface area contributed by atoms with Gasteiger partial charge >= 0.3 is 6.09 Å². The number of nitrogens with one attached hydrogen (secondary N) is 1. The SMILES string of the molecule is NC(=O)Oc1ccc(Cl)c(F)c1C1=CC(=O)N2C(CC[C@H]2c2ncc[nH]2)C1. The largest absolute Gasteiger partial charge is 0.410 e. The minimum atomic E-state index is -1.07. The Balaban J connectivity index is 1.72. The second-order valence-electron chi connectivity index (χ2n) is 6.50. The number of benzene rings is 1. The Kier molecular flexibility index (Phi) is 4.35. The maximum Gasteiger partial charge on any atom is 0.409 e. The van der Waals surface area contributed by atoms with Crippen molar-refractivity contribution in [3.63, 3.8) is 0 Å². The van der Waals surface area contributed by atoms with Crippen LogP contribution in [0.5, 0.6) is 5.75 Å². The molecule has 0 spiro atoms. The summed E-state index contributed by atoms with van der Waals surface area (Å²) >= 11 is 5.90. The first kappa shape index (κ1) is 17.5. The van der Waals surface area contributed by atoms with Crippen LogP contribution in [0.1, 0.15) is 36.7 Å². The molecule has 9 heteroatoms. The zero-order valence-corrected chi connectivity index (χ0v) is 14.9. The lowest BCUT2D eigenvalue weighted by Crippen LogP contribution is -2.39. The van der Waals surface area contributed by atoms with Crippen molar-refractivity contribution in [3.05, 3.63) is 52.8 Å². The number of rotatable bonds is 3. The zero-order chi connectivity index (χ0) is 19.1. The highest BCUT2D eigenvalue weighted by atomic mass is 35.5. The number of nitrogens with zero attached hydrogens (tertiary/aromatic N) is 2. The summed E-state index contributed by atoms with van der Waals surface area (Å²) in [6.45, 7) is 0. The van der Waals surface area contributed by atoms with Crippen molar-refractivity contribution in [2.45, 2.75) is 31.3 Å². The molecule has 0 aliphatic carbocycles. The number of hydrogen-bond donors (Lipinski definition) is 2. The number of aromatic nitrogens is 2. The van der Waals surface area contributed by atoms with Gasteiger partial charge in [0.1, 0.15) is 11.6 Å². The minimum Gasteiger partial charge on any atom is -0.410 e. The topological polar surface area (TPSA) is 101 Å². The van der Waals surface area contributed by atoms with Crippen LogP contribution in [0.15, 0.2) is 30.6 Å². The van der Waals surface area contributed by atoms with E-state index in [0.29, 0.717) is 12.0 Å². The lowest BCUT2D eigenvalue weighted by Gasteiger charge is -2.33. The van der Waals surface area contributed by atoms with Gasteiger partial charge in [0.25, 0.3) is 0 Å². The molecule has 0 saturated carbocycles. The van der Waals surface area contributed by atoms with Crippen LogP contribution < -0.4 is 10.5 Å². The van der Waals surface area contributed by atoms with E-state index in [1.165, 1.54) is 18.2 Å². The number of hydrogen-bond acceptors (Lipinski definition) is 4. The summed E-state index contributed by atoms with van der Waals surface area (Å²) in [7, 11) is 0. The summed E-state index contributed by atoms with van der Waals surface area (Å²) in [6.07, 6.45) is 5.58. The van der Waals surface area contributed by atoms with Gasteiger partial charge in [-0.3, -0.25) is 4.79 Å². The van der Waals surface area contributed by atoms with Crippen LogP contribution in [0.4, 0.5) is 9.18 Å². The fourth-order valence-corrected chi connectivity index (χ4v) is 4.04. The molecule has 1 saturated heterocycles. The number of amides is 2. The van der Waals surface area contributed by atoms with E-state index in [1.807, 2.05) is 0 Å². The van der Waals surface area contributed by atoms with Gasteiger partial charge < -0.3 is 20.4 Å². The van der Waals surface area contributed by atoms with Crippen LogP contribution in [0.2, 0.25) is 5.02 Å². The van der Waals surface area contributed by atoms with Crippen molar-refractivity contribution < 1.29 is 18.7 Å². The van der Waals surface area contributed by atoms with Gasteiger partial charge in [-0.2, -0.15) is 0 Å². The molecule has 27 heavy (non-hydrogen) atoms. The van der Waals surface area contributed by atoms with Crippen molar-refractivity contribution in [2.75, 3.05) is 0 Å². The normalized spacial score (nSPS) is 21.8. The number of H-pyrrole nitrogens is 1. The number of carbonyl (C=O) groups is 2. The molecule has 1 aromatic heterocycles. The van der Waals surface area contributed by atoms with Gasteiger partial charge in [-0.1, -0.05) is 11.6 Å². The van der Waals surface area contributed by atoms with Crippen molar-refractivity contribution in [1.82, 2.24) is 14.9 Å². The maximum absolute atomic E-state index is 14.7. The Morgan fingerprint density at radius 1 is 1.41 bits per heavy atom. The molecule has 7 nitrogen and oxygen atoms in total. The van der Waals surface area contributed by atoms with Crippen LogP contribution >= 0.6 is 11.6 Å². The number of primary amides is 1. The van der Waals surface area contributed by atoms with Gasteiger partial charge in [0.2, 0.25) is 5.91 Å². The maximum atomic E-state index is 14.7. The second kappa shape index (κ2) is 6.70. The fourth-order valence-electron chi connectivity index (χ4n) is 3.88. The van der Waals surface area contributed by atoms with Crippen molar-refractivity contribution >= 4 is 29.2 Å². The second-order valence-corrected chi connectivity index (χ2v) is 6.90. The summed E-state index contributed by atoms with van der Waals surface area (Å²) in [4.78, 5) is 33.0. The van der Waals surface area contributed by atoms with Crippen LogP contribution in [-0.2, 0) is 4.79 Å². The first-order valence-corrected chi connectivity index (χ1v) is 8.81. The predicted molar refractivity (Wildman–Crippen MR) is 95.4 cm³/mol. The van der Waals surface area contributed by atoms with E-state index in [1.54, 1.807) is 17.3 Å². The number of ether oxygens (including phenoxy) is 1. The summed E-state index contributed by atoms with van der Waals surface area (Å²) < 4.78 is 19.6. The number of imidazole rings is 1. The van der Waals surface area contributed by atoms with E-state index in [0.717, 1.165) is 18.7 Å². The highest BCUT2D eigenvalue weighted by molar-refractivity contribution is 6.31. The Morgan fingerprint density at radius 2 is 2.22 bits per heavy atom. The Bertz CT molecular complexity index is 944. The molecule has 2 aromatic rings. The summed E-state index contributed by atoms with van der Waals surface area (Å²) in [6, 6.07) is 2.40. The van der Waals surface area contributed by atoms with Crippen LogP contribution in [0.3, 0.4) is 0 Å². The van der Waals surface area contributed by atoms with Gasteiger partial charge in [-0.25, -0.2) is 14.2 Å². The Hall–Kier alpha value is -2.87. The van der Waals surface area contributed by atoms with Crippen molar-refractivity contribution in [3.8, 4) is 5.75 Å². The molecule has 4 rings (SSSR count). The number of fused-ring (bicyclic) bond motifs is 1. The smallest absolute Gasteiger partial charge is 0.409 e. The Morgan fingerprint density at radius 3 is 2.93 bits per heavy atom. The quantitative estimate of drug-likeness (QED) is 0.840. The summed E-state index contributed by atoms with van der Waals surface area (Å²) in [5.41, 5.74) is 5.50. The van der Waals surface area contributed by atoms with E-state index in [9.17, 15) is 14.0 Å². The van der Waals surface area contributed by atoms with Crippen molar-refractivity contribution in [1.29, 1.82) is 0 Å². The third-order valence-corrected chi connectivity index (χ3v) is 5.23. The van der Waals surface area contributed by atoms with Gasteiger partial charge in [-0.05, 0) is 37.0 Å². The van der Waals surface area contributed by atoms with E-state index < -0.39 is 11.9 Å². The van der Waals surface area contributed by atoms with E-state index in [4.69, 9.17) is 22.1 Å². The Labute approximate surface area is 159 Å². The number of carbonyl (C=O) groups excluding carboxylic acids is 2. The molecular formula is C18H16ClFN4O3. The van der Waals surface area contributed by atoms with E-state index in [2.05, 4.69) is 9.97 Å². The fraction of sp³-hybridized carbons (Fsp3) is 0.278. The molecule has 140 valence electrons. The monoisotopic (exact) mass is 390 g/mol. The molecule has 0 radical (unpaired) electrons. The molecule has 0 bridgehead atoms. The molecule has 2 aliphatic heterocycles. The van der Waals surface area contributed by atoms with Crippen LogP contribution in [-0.4, -0.2) is 32.9 Å². The highest BCUT2D eigenvalue weighted by Crippen LogP contribution is 2.44. The molecule has 3 heterocycles. The number of aromatic amines is 1. The average molecular weight is 391 g/mol. The molecule has 1 unspecified atom stereocenters. The third kappa shape index (κ3) is 3.06. The van der Waals surface area contributed by atoms with Crippen LogP contribution in [0, 0.1) is 5.82 Å². The molecular weight excluding hydrogens is 375 g/mol. The van der Waals surface area contributed by atoms with Gasteiger partial charge in [0, 0.05) is 24.5 Å². The molecule has 3 N–H and O–H groups in total. The molecule has 2 atom stereocenters. The lowest BCUT2D eigenvalue weighted by molar-refractivity contribution is -0.129. The summed E-state index contributed by atoms with van der Waals surface area (Å²) in [5, 5.41) is -0.127. The number of halogens is 2. The molecule has 1 fully saturated rings. The van der Waals surface area contributed by atoms with E-state index >= 15 is 0 Å². The lowest BCUT2D eigenvalue weighted by atomic mass is 9.93.